The largest absolute Gasteiger partial charge is 0.416 e. The second kappa shape index (κ2) is 5.43. The van der Waals surface area contributed by atoms with E-state index >= 15 is 0 Å². The molecule has 1 heterocycles. The van der Waals surface area contributed by atoms with Crippen LogP contribution in [0.3, 0.4) is 0 Å². The molecule has 0 aliphatic heterocycles. The molecule has 0 saturated carbocycles. The zero-order chi connectivity index (χ0) is 15.6. The summed E-state index contributed by atoms with van der Waals surface area (Å²) in [4.78, 5) is 11.2. The van der Waals surface area contributed by atoms with Crippen LogP contribution < -0.4 is 5.32 Å². The molecule has 2 aromatic rings. The summed E-state index contributed by atoms with van der Waals surface area (Å²) in [7, 11) is 1.58. The highest BCUT2D eigenvalue weighted by Crippen LogP contribution is 2.32. The normalized spacial score (nSPS) is 11.2. The first-order valence-corrected chi connectivity index (χ1v) is 5.96. The van der Waals surface area contributed by atoms with Gasteiger partial charge in [0, 0.05) is 18.7 Å². The Labute approximate surface area is 118 Å². The number of carbonyl (C=O) groups excluding carboxylic acids is 1. The quantitative estimate of drug-likeness (QED) is 0.884. The summed E-state index contributed by atoms with van der Waals surface area (Å²) in [5, 5.41) is 6.61. The Kier molecular flexibility index (Phi) is 3.84. The molecule has 0 aliphatic carbocycles. The van der Waals surface area contributed by atoms with Crippen molar-refractivity contribution in [3.05, 3.63) is 48.6 Å². The van der Waals surface area contributed by atoms with Gasteiger partial charge in [0.1, 0.15) is 5.82 Å². The summed E-state index contributed by atoms with van der Waals surface area (Å²) < 4.78 is 39.4. The predicted molar refractivity (Wildman–Crippen MR) is 72.5 cm³/mol. The van der Waals surface area contributed by atoms with Gasteiger partial charge in [-0.15, -0.1) is 0 Å². The number of aromatic nitrogens is 2. The highest BCUT2D eigenvalue weighted by atomic mass is 19.4. The van der Waals surface area contributed by atoms with E-state index in [1.165, 1.54) is 22.9 Å². The fourth-order valence-electron chi connectivity index (χ4n) is 1.76. The highest BCUT2D eigenvalue weighted by Gasteiger charge is 2.30. The number of nitrogens with zero attached hydrogens (tertiary/aromatic N) is 2. The zero-order valence-corrected chi connectivity index (χ0v) is 11.1. The van der Waals surface area contributed by atoms with Crippen molar-refractivity contribution in [3.63, 3.8) is 0 Å². The number of anilines is 1. The Hall–Kier alpha value is -2.57. The third-order valence-electron chi connectivity index (χ3n) is 2.80. The molecule has 0 aliphatic rings. The molecule has 21 heavy (non-hydrogen) atoms. The lowest BCUT2D eigenvalue weighted by atomic mass is 10.1. The molecule has 4 nitrogen and oxygen atoms in total. The first-order chi connectivity index (χ1) is 9.81. The second-order valence-electron chi connectivity index (χ2n) is 4.31. The molecule has 0 radical (unpaired) electrons. The topological polar surface area (TPSA) is 46.9 Å². The summed E-state index contributed by atoms with van der Waals surface area (Å²) in [5.74, 6) is -0.0547. The van der Waals surface area contributed by atoms with Gasteiger partial charge in [-0.1, -0.05) is 18.7 Å². The summed E-state index contributed by atoms with van der Waals surface area (Å²) in [6, 6.07) is 6.34. The molecule has 1 N–H and O–H groups in total. The zero-order valence-electron chi connectivity index (χ0n) is 11.1. The predicted octanol–water partition coefficient (Wildman–Crippen LogP) is 3.23. The Morgan fingerprint density at radius 2 is 2.10 bits per heavy atom. The first-order valence-electron chi connectivity index (χ1n) is 5.96. The third kappa shape index (κ3) is 3.31. The molecule has 110 valence electrons. The van der Waals surface area contributed by atoms with Crippen LogP contribution in [0.15, 0.2) is 43.0 Å². The van der Waals surface area contributed by atoms with Crippen LogP contribution in [0.1, 0.15) is 5.56 Å². The van der Waals surface area contributed by atoms with E-state index in [0.717, 1.165) is 18.2 Å². The van der Waals surface area contributed by atoms with Crippen LogP contribution in [-0.2, 0) is 18.0 Å². The first kappa shape index (κ1) is 14.8. The van der Waals surface area contributed by atoms with Gasteiger partial charge in [0.15, 0.2) is 0 Å². The molecule has 0 saturated heterocycles. The minimum Gasteiger partial charge on any atom is -0.307 e. The molecular formula is C14H12F3N3O. The highest BCUT2D eigenvalue weighted by molar-refractivity contribution is 5.98. The van der Waals surface area contributed by atoms with E-state index in [1.54, 1.807) is 7.05 Å². The molecular weight excluding hydrogens is 283 g/mol. The molecule has 2 rings (SSSR count). The van der Waals surface area contributed by atoms with Crippen LogP contribution in [0.5, 0.6) is 0 Å². The maximum atomic E-state index is 12.7. The molecule has 0 unspecified atom stereocenters. The van der Waals surface area contributed by atoms with Crippen LogP contribution in [-0.4, -0.2) is 15.7 Å². The van der Waals surface area contributed by atoms with Crippen LogP contribution >= 0.6 is 0 Å². The van der Waals surface area contributed by atoms with Crippen molar-refractivity contribution in [2.45, 2.75) is 6.18 Å². The van der Waals surface area contributed by atoms with Gasteiger partial charge < -0.3 is 5.32 Å². The van der Waals surface area contributed by atoms with Gasteiger partial charge >= 0.3 is 6.18 Å². The van der Waals surface area contributed by atoms with Crippen LogP contribution in [0.4, 0.5) is 19.0 Å². The lowest BCUT2D eigenvalue weighted by Gasteiger charge is -2.07. The van der Waals surface area contributed by atoms with Crippen molar-refractivity contribution in [1.82, 2.24) is 9.78 Å². The van der Waals surface area contributed by atoms with Crippen molar-refractivity contribution >= 4 is 11.7 Å². The third-order valence-corrected chi connectivity index (χ3v) is 2.80. The van der Waals surface area contributed by atoms with E-state index in [4.69, 9.17) is 0 Å². The SMILES string of the molecule is C=CC(=O)Nc1cc(-c2cccc(C(F)(F)F)c2)nn1C. The number of halogens is 3. The number of hydrogen-bond donors (Lipinski definition) is 1. The summed E-state index contributed by atoms with van der Waals surface area (Å²) in [6.07, 6.45) is -3.32. The van der Waals surface area contributed by atoms with Crippen molar-refractivity contribution in [2.75, 3.05) is 5.32 Å². The van der Waals surface area contributed by atoms with Gasteiger partial charge in [0.05, 0.1) is 11.3 Å². The van der Waals surface area contributed by atoms with E-state index in [0.29, 0.717) is 17.1 Å². The van der Waals surface area contributed by atoms with E-state index in [1.807, 2.05) is 0 Å². The fourth-order valence-corrected chi connectivity index (χ4v) is 1.76. The molecule has 0 atom stereocenters. The maximum absolute atomic E-state index is 12.7. The van der Waals surface area contributed by atoms with Crippen LogP contribution in [0.25, 0.3) is 11.3 Å². The Morgan fingerprint density at radius 1 is 1.38 bits per heavy atom. The number of aryl methyl sites for hydroxylation is 1. The molecule has 0 fully saturated rings. The Morgan fingerprint density at radius 3 is 2.71 bits per heavy atom. The van der Waals surface area contributed by atoms with Crippen molar-refractivity contribution < 1.29 is 18.0 Å². The van der Waals surface area contributed by atoms with Crippen molar-refractivity contribution in [1.29, 1.82) is 0 Å². The summed E-state index contributed by atoms with van der Waals surface area (Å²) in [5.41, 5.74) is -0.0928. The van der Waals surface area contributed by atoms with E-state index in [2.05, 4.69) is 17.0 Å². The summed E-state index contributed by atoms with van der Waals surface area (Å²) >= 11 is 0. The minimum absolute atomic E-state index is 0.319. The van der Waals surface area contributed by atoms with Crippen molar-refractivity contribution in [3.8, 4) is 11.3 Å². The fraction of sp³-hybridized carbons (Fsp3) is 0.143. The van der Waals surface area contributed by atoms with E-state index in [-0.39, 0.29) is 0 Å². The van der Waals surface area contributed by atoms with Gasteiger partial charge in [-0.2, -0.15) is 18.3 Å². The summed E-state index contributed by atoms with van der Waals surface area (Å²) in [6.45, 7) is 3.32. The van der Waals surface area contributed by atoms with E-state index in [9.17, 15) is 18.0 Å². The van der Waals surface area contributed by atoms with Crippen LogP contribution in [0.2, 0.25) is 0 Å². The maximum Gasteiger partial charge on any atom is 0.416 e. The lowest BCUT2D eigenvalue weighted by Crippen LogP contribution is -2.10. The van der Waals surface area contributed by atoms with E-state index < -0.39 is 17.6 Å². The average Bonchev–Trinajstić information content (AvgIpc) is 2.79. The average molecular weight is 295 g/mol. The number of hydrogen-bond acceptors (Lipinski definition) is 2. The number of nitrogens with one attached hydrogen (secondary N) is 1. The minimum atomic E-state index is -4.41. The molecule has 7 heteroatoms. The molecule has 1 aromatic heterocycles. The number of rotatable bonds is 3. The molecule has 1 aromatic carbocycles. The lowest BCUT2D eigenvalue weighted by molar-refractivity contribution is -0.137. The molecule has 0 bridgehead atoms. The Balaban J connectivity index is 2.37. The van der Waals surface area contributed by atoms with Crippen molar-refractivity contribution in [2.24, 2.45) is 7.05 Å². The Bertz CT molecular complexity index is 689. The standard InChI is InChI=1S/C14H12F3N3O/c1-3-13(21)18-12-8-11(19-20(12)2)9-5-4-6-10(7-9)14(15,16)17/h3-8H,1H2,2H3,(H,18,21). The molecule has 1 amide bonds. The van der Waals surface area contributed by atoms with Gasteiger partial charge in [0.25, 0.3) is 0 Å². The monoisotopic (exact) mass is 295 g/mol. The number of carbonyl (C=O) groups is 1. The van der Waals surface area contributed by atoms with Crippen LogP contribution in [0, 0.1) is 0 Å². The number of amides is 1. The number of benzene rings is 1. The number of alkyl halides is 3. The molecule has 0 spiro atoms. The smallest absolute Gasteiger partial charge is 0.307 e. The van der Waals surface area contributed by atoms with Gasteiger partial charge in [-0.25, -0.2) is 0 Å². The van der Waals surface area contributed by atoms with Gasteiger partial charge in [0.2, 0.25) is 5.91 Å². The second-order valence-corrected chi connectivity index (χ2v) is 4.31. The van der Waals surface area contributed by atoms with Gasteiger partial charge in [-0.3, -0.25) is 9.48 Å². The van der Waals surface area contributed by atoms with Gasteiger partial charge in [-0.05, 0) is 18.2 Å².